The van der Waals surface area contributed by atoms with E-state index in [0.717, 1.165) is 0 Å². The Labute approximate surface area is 97.8 Å². The van der Waals surface area contributed by atoms with Crippen LogP contribution in [0.2, 0.25) is 0 Å². The van der Waals surface area contributed by atoms with Crippen LogP contribution in [0.3, 0.4) is 0 Å². The quantitative estimate of drug-likeness (QED) is 0.727. The molecular weight excluding hydrogens is 222 g/mol. The molecule has 0 bridgehead atoms. The highest BCUT2D eigenvalue weighted by Gasteiger charge is 2.07. The van der Waals surface area contributed by atoms with Crippen molar-refractivity contribution >= 4 is 0 Å². The first-order valence-electron chi connectivity index (χ1n) is 5.05. The molecule has 6 heteroatoms. The summed E-state index contributed by atoms with van der Waals surface area (Å²) < 4.78 is 6.54. The average molecular weight is 235 g/mol. The van der Waals surface area contributed by atoms with Gasteiger partial charge in [0.25, 0.3) is 5.56 Å². The third-order valence-corrected chi connectivity index (χ3v) is 2.08. The Hall–Kier alpha value is -2.13. The maximum Gasteiger partial charge on any atom is 0.328 e. The Kier molecular flexibility index (Phi) is 4.43. The van der Waals surface area contributed by atoms with Gasteiger partial charge in [-0.25, -0.2) is 4.79 Å². The molecule has 0 fully saturated rings. The number of rotatable bonds is 5. The van der Waals surface area contributed by atoms with Gasteiger partial charge in [0.2, 0.25) is 0 Å². The molecule has 0 spiro atoms. The van der Waals surface area contributed by atoms with Crippen molar-refractivity contribution in [1.82, 2.24) is 9.55 Å². The van der Waals surface area contributed by atoms with Gasteiger partial charge < -0.3 is 4.74 Å². The van der Waals surface area contributed by atoms with Gasteiger partial charge in [-0.15, -0.1) is 6.58 Å². The number of hydrogen-bond donors (Lipinski definition) is 1. The van der Waals surface area contributed by atoms with E-state index < -0.39 is 11.2 Å². The topological polar surface area (TPSA) is 87.9 Å². The Morgan fingerprint density at radius 2 is 2.41 bits per heavy atom. The van der Waals surface area contributed by atoms with Crippen molar-refractivity contribution < 1.29 is 4.74 Å². The highest BCUT2D eigenvalue weighted by atomic mass is 16.5. The molecule has 1 aromatic rings. The van der Waals surface area contributed by atoms with E-state index in [1.54, 1.807) is 19.1 Å². The van der Waals surface area contributed by atoms with Crippen LogP contribution in [0.1, 0.15) is 12.5 Å². The molecule has 1 unspecified atom stereocenters. The summed E-state index contributed by atoms with van der Waals surface area (Å²) in [6.45, 7) is 5.94. The molecule has 0 aliphatic rings. The average Bonchev–Trinajstić information content (AvgIpc) is 2.30. The lowest BCUT2D eigenvalue weighted by atomic mass is 10.3. The van der Waals surface area contributed by atoms with Crippen molar-refractivity contribution in [2.24, 2.45) is 0 Å². The van der Waals surface area contributed by atoms with Crippen molar-refractivity contribution in [2.75, 3.05) is 6.61 Å². The molecule has 0 aliphatic heterocycles. The van der Waals surface area contributed by atoms with E-state index in [2.05, 4.69) is 11.6 Å². The fraction of sp³-hybridized carbons (Fsp3) is 0.364. The number of H-pyrrole nitrogens is 1. The molecule has 1 N–H and O–H groups in total. The van der Waals surface area contributed by atoms with Gasteiger partial charge >= 0.3 is 5.69 Å². The van der Waals surface area contributed by atoms with Crippen LogP contribution < -0.4 is 11.2 Å². The first kappa shape index (κ1) is 12.9. The van der Waals surface area contributed by atoms with Gasteiger partial charge in [-0.1, -0.05) is 6.08 Å². The van der Waals surface area contributed by atoms with Crippen LogP contribution in [0.4, 0.5) is 0 Å². The Morgan fingerprint density at radius 1 is 1.71 bits per heavy atom. The second kappa shape index (κ2) is 5.82. The van der Waals surface area contributed by atoms with Crippen LogP contribution in [0, 0.1) is 11.3 Å². The summed E-state index contributed by atoms with van der Waals surface area (Å²) in [6.07, 6.45) is 2.62. The standard InChI is InChI=1S/C11H13N3O3/c1-3-4-17-8(2)6-14-7-9(5-12)10(15)13-11(14)16/h3,7-8H,1,4,6H2,2H3,(H,13,15,16). The van der Waals surface area contributed by atoms with Crippen LogP contribution >= 0.6 is 0 Å². The first-order valence-corrected chi connectivity index (χ1v) is 5.05. The largest absolute Gasteiger partial charge is 0.373 e. The molecule has 17 heavy (non-hydrogen) atoms. The second-order valence-electron chi connectivity index (χ2n) is 3.50. The summed E-state index contributed by atoms with van der Waals surface area (Å²) in [5.74, 6) is 0. The molecule has 0 aromatic carbocycles. The monoisotopic (exact) mass is 235 g/mol. The molecule has 0 radical (unpaired) electrons. The van der Waals surface area contributed by atoms with Crippen molar-refractivity contribution in [3.63, 3.8) is 0 Å². The van der Waals surface area contributed by atoms with Gasteiger partial charge in [0.15, 0.2) is 0 Å². The lowest BCUT2D eigenvalue weighted by Crippen LogP contribution is -2.34. The Morgan fingerprint density at radius 3 is 3.00 bits per heavy atom. The number of aromatic nitrogens is 2. The number of aromatic amines is 1. The molecule has 0 amide bonds. The highest BCUT2D eigenvalue weighted by molar-refractivity contribution is 5.21. The zero-order valence-electron chi connectivity index (χ0n) is 9.47. The molecule has 1 atom stereocenters. The molecule has 1 aromatic heterocycles. The molecule has 0 saturated carbocycles. The van der Waals surface area contributed by atoms with E-state index >= 15 is 0 Å². The van der Waals surface area contributed by atoms with Gasteiger partial charge in [0, 0.05) is 6.20 Å². The minimum atomic E-state index is -0.673. The van der Waals surface area contributed by atoms with Crippen LogP contribution in [-0.2, 0) is 11.3 Å². The lowest BCUT2D eigenvalue weighted by molar-refractivity contribution is 0.0742. The zero-order chi connectivity index (χ0) is 12.8. The van der Waals surface area contributed by atoms with E-state index in [1.165, 1.54) is 10.8 Å². The molecule has 6 nitrogen and oxygen atoms in total. The molecule has 1 rings (SSSR count). The van der Waals surface area contributed by atoms with Crippen LogP contribution in [-0.4, -0.2) is 22.3 Å². The SMILES string of the molecule is C=CCOC(C)Cn1cc(C#N)c(=O)[nH]c1=O. The third kappa shape index (κ3) is 3.43. The smallest absolute Gasteiger partial charge is 0.328 e. The van der Waals surface area contributed by atoms with E-state index in [1.807, 2.05) is 0 Å². The number of ether oxygens (including phenoxy) is 1. The minimum absolute atomic E-state index is 0.0967. The van der Waals surface area contributed by atoms with Gasteiger partial charge in [0.1, 0.15) is 11.6 Å². The van der Waals surface area contributed by atoms with Gasteiger partial charge in [-0.2, -0.15) is 5.26 Å². The predicted octanol–water partition coefficient (Wildman–Crippen LogP) is -0.000620. The van der Waals surface area contributed by atoms with Crippen LogP contribution in [0.25, 0.3) is 0 Å². The van der Waals surface area contributed by atoms with Crippen LogP contribution in [0.5, 0.6) is 0 Å². The number of nitrogens with one attached hydrogen (secondary N) is 1. The van der Waals surface area contributed by atoms with Gasteiger partial charge in [-0.05, 0) is 6.92 Å². The number of nitriles is 1. The fourth-order valence-electron chi connectivity index (χ4n) is 1.29. The van der Waals surface area contributed by atoms with E-state index in [9.17, 15) is 9.59 Å². The normalized spacial score (nSPS) is 11.8. The van der Waals surface area contributed by atoms with Crippen molar-refractivity contribution in [2.45, 2.75) is 19.6 Å². The summed E-state index contributed by atoms with van der Waals surface area (Å²) >= 11 is 0. The van der Waals surface area contributed by atoms with Gasteiger partial charge in [-0.3, -0.25) is 14.3 Å². The minimum Gasteiger partial charge on any atom is -0.373 e. The second-order valence-corrected chi connectivity index (χ2v) is 3.50. The maximum atomic E-state index is 11.4. The summed E-state index contributed by atoms with van der Waals surface area (Å²) in [7, 11) is 0. The zero-order valence-corrected chi connectivity index (χ0v) is 9.47. The molecule has 0 aliphatic carbocycles. The number of nitrogens with zero attached hydrogens (tertiary/aromatic N) is 2. The third-order valence-electron chi connectivity index (χ3n) is 2.08. The molecule has 90 valence electrons. The van der Waals surface area contributed by atoms with E-state index in [-0.39, 0.29) is 18.2 Å². The molecule has 1 heterocycles. The molecule has 0 saturated heterocycles. The molecular formula is C11H13N3O3. The van der Waals surface area contributed by atoms with Crippen molar-refractivity contribution in [1.29, 1.82) is 5.26 Å². The Balaban J connectivity index is 2.92. The number of hydrogen-bond acceptors (Lipinski definition) is 4. The van der Waals surface area contributed by atoms with Crippen molar-refractivity contribution in [3.8, 4) is 6.07 Å². The summed E-state index contributed by atoms with van der Waals surface area (Å²) in [5.41, 5.74) is -1.32. The lowest BCUT2D eigenvalue weighted by Gasteiger charge is -2.13. The van der Waals surface area contributed by atoms with E-state index in [4.69, 9.17) is 10.00 Å². The predicted molar refractivity (Wildman–Crippen MR) is 61.6 cm³/mol. The van der Waals surface area contributed by atoms with Gasteiger partial charge in [0.05, 0.1) is 19.3 Å². The summed E-state index contributed by atoms with van der Waals surface area (Å²) in [5, 5.41) is 8.68. The highest BCUT2D eigenvalue weighted by Crippen LogP contribution is 1.95. The fourth-order valence-corrected chi connectivity index (χ4v) is 1.29. The van der Waals surface area contributed by atoms with Crippen LogP contribution in [0.15, 0.2) is 28.4 Å². The Bertz CT molecular complexity index is 550. The first-order chi connectivity index (χ1) is 8.08. The summed E-state index contributed by atoms with van der Waals surface area (Å²) in [6, 6.07) is 1.72. The summed E-state index contributed by atoms with van der Waals surface area (Å²) in [4.78, 5) is 24.7. The maximum absolute atomic E-state index is 11.4. The van der Waals surface area contributed by atoms with E-state index in [0.29, 0.717) is 6.61 Å². The van der Waals surface area contributed by atoms with Crippen molar-refractivity contribution in [3.05, 3.63) is 45.3 Å².